The Bertz CT molecular complexity index is 157. The van der Waals surface area contributed by atoms with Crippen LogP contribution in [0.15, 0.2) is 0 Å². The molecule has 0 aliphatic rings. The van der Waals surface area contributed by atoms with Gasteiger partial charge >= 0.3 is 5.71 Å². The predicted molar refractivity (Wildman–Crippen MR) is 46.9 cm³/mol. The lowest BCUT2D eigenvalue weighted by atomic mass is 10.4. The topological polar surface area (TPSA) is 52.6 Å². The Kier molecular flexibility index (Phi) is 7.11. The molecule has 0 saturated heterocycles. The summed E-state index contributed by atoms with van der Waals surface area (Å²) in [6.07, 6.45) is 1.77. The lowest BCUT2D eigenvalue weighted by Gasteiger charge is -2.02. The molecule has 1 atom stereocenters. The number of hydrogen-bond acceptors (Lipinski definition) is 4. The summed E-state index contributed by atoms with van der Waals surface area (Å²) < 4.78 is 20.2. The van der Waals surface area contributed by atoms with E-state index in [1.165, 1.54) is 0 Å². The van der Waals surface area contributed by atoms with E-state index in [0.29, 0.717) is 6.61 Å². The molecular formula is C7H15O4P. The van der Waals surface area contributed by atoms with Crippen molar-refractivity contribution in [3.05, 3.63) is 0 Å². The first-order chi connectivity index (χ1) is 5.72. The summed E-state index contributed by atoms with van der Waals surface area (Å²) in [6.45, 7) is 4.27. The van der Waals surface area contributed by atoms with Gasteiger partial charge in [-0.1, -0.05) is 13.3 Å². The minimum absolute atomic E-state index is 0.242. The Labute approximate surface area is 73.1 Å². The monoisotopic (exact) mass is 194 g/mol. The van der Waals surface area contributed by atoms with Crippen LogP contribution in [0.3, 0.4) is 0 Å². The van der Waals surface area contributed by atoms with Crippen molar-refractivity contribution < 1.29 is 18.6 Å². The Hall–Kier alpha value is -0.340. The molecule has 4 nitrogen and oxygen atoms in total. The fraction of sp³-hybridized carbons (Fsp3) is 0.857. The van der Waals surface area contributed by atoms with Gasteiger partial charge in [0.25, 0.3) is 8.03 Å². The van der Waals surface area contributed by atoms with Gasteiger partial charge in [-0.25, -0.2) is 4.79 Å². The summed E-state index contributed by atoms with van der Waals surface area (Å²) in [5.41, 5.74) is -0.724. The third-order valence-electron chi connectivity index (χ3n) is 1.17. The van der Waals surface area contributed by atoms with Crippen LogP contribution in [0.2, 0.25) is 0 Å². The van der Waals surface area contributed by atoms with E-state index in [-0.39, 0.29) is 6.61 Å². The standard InChI is InChI=1S/C7H15O4P/c1-3-5-6-11-12(9)7(8)10-4-2/h12H,3-6H2,1-2H3. The normalized spacial score (nSPS) is 12.5. The first-order valence-electron chi connectivity index (χ1n) is 4.06. The summed E-state index contributed by atoms with van der Waals surface area (Å²) in [5, 5.41) is 0. The minimum atomic E-state index is -2.61. The zero-order chi connectivity index (χ0) is 9.40. The van der Waals surface area contributed by atoms with Crippen LogP contribution in [0.1, 0.15) is 26.7 Å². The molecule has 0 aliphatic heterocycles. The molecule has 0 saturated carbocycles. The highest BCUT2D eigenvalue weighted by molar-refractivity contribution is 7.58. The van der Waals surface area contributed by atoms with Gasteiger partial charge in [0.1, 0.15) is 0 Å². The fourth-order valence-corrected chi connectivity index (χ4v) is 1.27. The molecule has 0 fully saturated rings. The van der Waals surface area contributed by atoms with Crippen molar-refractivity contribution >= 4 is 13.7 Å². The van der Waals surface area contributed by atoms with Crippen LogP contribution in [0.4, 0.5) is 4.79 Å². The Morgan fingerprint density at radius 1 is 1.42 bits per heavy atom. The Morgan fingerprint density at radius 2 is 2.08 bits per heavy atom. The van der Waals surface area contributed by atoms with Crippen LogP contribution in [0.5, 0.6) is 0 Å². The van der Waals surface area contributed by atoms with Crippen LogP contribution in [0.25, 0.3) is 0 Å². The molecular weight excluding hydrogens is 179 g/mol. The lowest BCUT2D eigenvalue weighted by Crippen LogP contribution is -1.98. The molecule has 5 heteroatoms. The maximum Gasteiger partial charge on any atom is 0.388 e. The molecule has 0 bridgehead atoms. The van der Waals surface area contributed by atoms with E-state index in [4.69, 9.17) is 4.52 Å². The first kappa shape index (κ1) is 11.7. The third kappa shape index (κ3) is 5.33. The maximum absolute atomic E-state index is 10.9. The summed E-state index contributed by atoms with van der Waals surface area (Å²) in [6, 6.07) is 0. The molecule has 0 rings (SSSR count). The quantitative estimate of drug-likeness (QED) is 0.481. The maximum atomic E-state index is 10.9. The van der Waals surface area contributed by atoms with Gasteiger partial charge in [-0.3, -0.25) is 4.57 Å². The molecule has 12 heavy (non-hydrogen) atoms. The molecule has 0 spiro atoms. The summed E-state index contributed by atoms with van der Waals surface area (Å²) in [7, 11) is -2.61. The highest BCUT2D eigenvalue weighted by atomic mass is 31.1. The van der Waals surface area contributed by atoms with Crippen molar-refractivity contribution in [2.24, 2.45) is 0 Å². The Balaban J connectivity index is 3.50. The van der Waals surface area contributed by atoms with Crippen molar-refractivity contribution in [2.75, 3.05) is 13.2 Å². The average molecular weight is 194 g/mol. The molecule has 1 unspecified atom stereocenters. The third-order valence-corrected chi connectivity index (χ3v) is 2.12. The van der Waals surface area contributed by atoms with E-state index in [9.17, 15) is 9.36 Å². The predicted octanol–water partition coefficient (Wildman–Crippen LogP) is 2.43. The van der Waals surface area contributed by atoms with Crippen LogP contribution in [-0.2, 0) is 13.8 Å². The SMILES string of the molecule is CCCCO[PH](=O)C(=O)OCC. The number of unbranched alkanes of at least 4 members (excludes halogenated alkanes) is 1. The largest absolute Gasteiger partial charge is 0.459 e. The van der Waals surface area contributed by atoms with Crippen molar-refractivity contribution in [3.8, 4) is 0 Å². The van der Waals surface area contributed by atoms with E-state index < -0.39 is 13.7 Å². The lowest BCUT2D eigenvalue weighted by molar-refractivity contribution is 0.173. The molecule has 0 aromatic carbocycles. The van der Waals surface area contributed by atoms with E-state index in [1.807, 2.05) is 6.92 Å². The van der Waals surface area contributed by atoms with Crippen LogP contribution in [0, 0.1) is 0 Å². The van der Waals surface area contributed by atoms with Crippen molar-refractivity contribution in [3.63, 3.8) is 0 Å². The molecule has 0 aromatic heterocycles. The van der Waals surface area contributed by atoms with Crippen molar-refractivity contribution in [1.29, 1.82) is 0 Å². The smallest absolute Gasteiger partial charge is 0.388 e. The summed E-state index contributed by atoms with van der Waals surface area (Å²) in [4.78, 5) is 10.7. The van der Waals surface area contributed by atoms with Gasteiger partial charge in [-0.15, -0.1) is 0 Å². The number of ether oxygens (including phenoxy) is 1. The summed E-state index contributed by atoms with van der Waals surface area (Å²) >= 11 is 0. The van der Waals surface area contributed by atoms with Gasteiger partial charge in [-0.05, 0) is 13.3 Å². The van der Waals surface area contributed by atoms with Crippen LogP contribution in [-0.4, -0.2) is 18.9 Å². The second-order valence-electron chi connectivity index (χ2n) is 2.21. The van der Waals surface area contributed by atoms with E-state index in [2.05, 4.69) is 4.74 Å². The van der Waals surface area contributed by atoms with Gasteiger partial charge in [0.05, 0.1) is 13.2 Å². The van der Waals surface area contributed by atoms with Gasteiger partial charge in [0, 0.05) is 0 Å². The van der Waals surface area contributed by atoms with E-state index in [0.717, 1.165) is 12.8 Å². The van der Waals surface area contributed by atoms with Gasteiger partial charge in [0.2, 0.25) is 0 Å². The van der Waals surface area contributed by atoms with Crippen molar-refractivity contribution in [2.45, 2.75) is 26.7 Å². The van der Waals surface area contributed by atoms with E-state index in [1.54, 1.807) is 6.92 Å². The number of hydrogen-bond donors (Lipinski definition) is 0. The summed E-state index contributed by atoms with van der Waals surface area (Å²) in [5.74, 6) is 0. The zero-order valence-electron chi connectivity index (χ0n) is 7.46. The highest BCUT2D eigenvalue weighted by Crippen LogP contribution is 2.25. The zero-order valence-corrected chi connectivity index (χ0v) is 8.46. The van der Waals surface area contributed by atoms with E-state index >= 15 is 0 Å². The highest BCUT2D eigenvalue weighted by Gasteiger charge is 2.11. The molecule has 0 amide bonds. The molecule has 72 valence electrons. The molecule has 0 heterocycles. The minimum Gasteiger partial charge on any atom is -0.459 e. The molecule has 0 N–H and O–H groups in total. The molecule has 0 aromatic rings. The fourth-order valence-electron chi connectivity index (χ4n) is 0.558. The Morgan fingerprint density at radius 3 is 2.58 bits per heavy atom. The number of carbonyl (C=O) groups excluding carboxylic acids is 1. The molecule has 0 radical (unpaired) electrons. The van der Waals surface area contributed by atoms with Crippen molar-refractivity contribution in [1.82, 2.24) is 0 Å². The van der Waals surface area contributed by atoms with Gasteiger partial charge in [0.15, 0.2) is 0 Å². The first-order valence-corrected chi connectivity index (χ1v) is 5.37. The van der Waals surface area contributed by atoms with Crippen LogP contribution < -0.4 is 0 Å². The number of rotatable bonds is 6. The van der Waals surface area contributed by atoms with Gasteiger partial charge < -0.3 is 9.26 Å². The average Bonchev–Trinajstić information content (AvgIpc) is 2.05. The second-order valence-corrected chi connectivity index (χ2v) is 3.48. The number of carbonyl (C=O) groups is 1. The van der Waals surface area contributed by atoms with Crippen LogP contribution >= 0.6 is 8.03 Å². The molecule has 0 aliphatic carbocycles. The second kappa shape index (κ2) is 7.32. The van der Waals surface area contributed by atoms with Gasteiger partial charge in [-0.2, -0.15) is 0 Å².